The standard InChI is InChI=1S/C20H16ClN3O3S/c21-17-9-11-18(12-10-17)24-28(26,27)19-8-4-7-16(13-19)20(25)23-22-14-15-5-2-1-3-6-15/h1-14,24H,(H,23,25)/b22-14+. The highest BCUT2D eigenvalue weighted by Crippen LogP contribution is 2.19. The molecule has 2 N–H and O–H groups in total. The molecule has 8 heteroatoms. The Hall–Kier alpha value is -3.16. The average Bonchev–Trinajstić information content (AvgIpc) is 2.70. The van der Waals surface area contributed by atoms with E-state index in [1.54, 1.807) is 24.3 Å². The zero-order valence-electron chi connectivity index (χ0n) is 14.5. The number of hydrogen-bond donors (Lipinski definition) is 2. The lowest BCUT2D eigenvalue weighted by Gasteiger charge is -2.09. The SMILES string of the molecule is O=C(N/N=C/c1ccccc1)c1cccc(S(=O)(=O)Nc2ccc(Cl)cc2)c1. The predicted molar refractivity (Wildman–Crippen MR) is 110 cm³/mol. The molecule has 0 unspecified atom stereocenters. The molecule has 0 radical (unpaired) electrons. The second-order valence-corrected chi connectivity index (χ2v) is 7.87. The molecule has 28 heavy (non-hydrogen) atoms. The Bertz CT molecular complexity index is 1100. The molecular weight excluding hydrogens is 398 g/mol. The van der Waals surface area contributed by atoms with Crippen LogP contribution in [0.3, 0.4) is 0 Å². The van der Waals surface area contributed by atoms with E-state index in [1.165, 1.54) is 30.5 Å². The molecule has 0 saturated carbocycles. The Morgan fingerprint density at radius 2 is 1.64 bits per heavy atom. The maximum Gasteiger partial charge on any atom is 0.271 e. The summed E-state index contributed by atoms with van der Waals surface area (Å²) in [6, 6.07) is 21.2. The van der Waals surface area contributed by atoms with E-state index in [0.717, 1.165) is 5.56 Å². The average molecular weight is 414 g/mol. The van der Waals surface area contributed by atoms with Gasteiger partial charge in [0.1, 0.15) is 0 Å². The summed E-state index contributed by atoms with van der Waals surface area (Å²) in [5.74, 6) is -0.518. The summed E-state index contributed by atoms with van der Waals surface area (Å²) in [7, 11) is -3.86. The molecule has 1 amide bonds. The number of amides is 1. The van der Waals surface area contributed by atoms with E-state index in [0.29, 0.717) is 10.7 Å². The number of anilines is 1. The van der Waals surface area contributed by atoms with E-state index in [4.69, 9.17) is 11.6 Å². The normalized spacial score (nSPS) is 11.3. The van der Waals surface area contributed by atoms with Crippen molar-refractivity contribution in [2.24, 2.45) is 5.10 Å². The first-order chi connectivity index (χ1) is 13.4. The van der Waals surface area contributed by atoms with E-state index >= 15 is 0 Å². The fraction of sp³-hybridized carbons (Fsp3) is 0. The molecule has 0 aromatic heterocycles. The number of carbonyl (C=O) groups is 1. The highest BCUT2D eigenvalue weighted by molar-refractivity contribution is 7.92. The first-order valence-electron chi connectivity index (χ1n) is 8.21. The smallest absolute Gasteiger partial charge is 0.271 e. The highest BCUT2D eigenvalue weighted by Gasteiger charge is 2.16. The third-order valence-corrected chi connectivity index (χ3v) is 5.31. The lowest BCUT2D eigenvalue weighted by atomic mass is 10.2. The van der Waals surface area contributed by atoms with Gasteiger partial charge >= 0.3 is 0 Å². The van der Waals surface area contributed by atoms with Gasteiger partial charge in [0.25, 0.3) is 15.9 Å². The third-order valence-electron chi connectivity index (χ3n) is 3.68. The van der Waals surface area contributed by atoms with Gasteiger partial charge in [-0.05, 0) is 48.0 Å². The Kier molecular flexibility index (Phi) is 6.08. The fourth-order valence-corrected chi connectivity index (χ4v) is 3.54. The monoisotopic (exact) mass is 413 g/mol. The second-order valence-electron chi connectivity index (χ2n) is 5.75. The quantitative estimate of drug-likeness (QED) is 0.474. The van der Waals surface area contributed by atoms with Crippen LogP contribution in [0.15, 0.2) is 88.9 Å². The molecular formula is C20H16ClN3O3S. The summed E-state index contributed by atoms with van der Waals surface area (Å²) in [5.41, 5.74) is 3.75. The van der Waals surface area contributed by atoms with E-state index in [2.05, 4.69) is 15.2 Å². The van der Waals surface area contributed by atoms with Crippen LogP contribution in [0.25, 0.3) is 0 Å². The van der Waals surface area contributed by atoms with Crippen LogP contribution in [-0.4, -0.2) is 20.5 Å². The molecule has 142 valence electrons. The number of hydrazone groups is 1. The molecule has 0 aliphatic rings. The molecule has 3 rings (SSSR count). The van der Waals surface area contributed by atoms with Gasteiger partial charge in [0, 0.05) is 16.3 Å². The van der Waals surface area contributed by atoms with Gasteiger partial charge in [-0.2, -0.15) is 5.10 Å². The van der Waals surface area contributed by atoms with E-state index in [-0.39, 0.29) is 10.5 Å². The predicted octanol–water partition coefficient (Wildman–Crippen LogP) is 3.90. The molecule has 0 saturated heterocycles. The summed E-state index contributed by atoms with van der Waals surface area (Å²) in [6.45, 7) is 0. The Morgan fingerprint density at radius 3 is 2.36 bits per heavy atom. The van der Waals surface area contributed by atoms with Gasteiger partial charge in [0.05, 0.1) is 11.1 Å². The summed E-state index contributed by atoms with van der Waals surface area (Å²) in [4.78, 5) is 12.2. The van der Waals surface area contributed by atoms with Crippen molar-refractivity contribution in [3.8, 4) is 0 Å². The van der Waals surface area contributed by atoms with Crippen LogP contribution in [0.4, 0.5) is 5.69 Å². The van der Waals surface area contributed by atoms with E-state index in [9.17, 15) is 13.2 Å². The van der Waals surface area contributed by atoms with Crippen molar-refractivity contribution in [2.75, 3.05) is 4.72 Å². The first-order valence-corrected chi connectivity index (χ1v) is 10.1. The molecule has 3 aromatic carbocycles. The van der Waals surface area contributed by atoms with Gasteiger partial charge in [0.2, 0.25) is 0 Å². The Morgan fingerprint density at radius 1 is 0.929 bits per heavy atom. The van der Waals surface area contributed by atoms with Crippen LogP contribution in [0.5, 0.6) is 0 Å². The lowest BCUT2D eigenvalue weighted by molar-refractivity contribution is 0.0955. The maximum atomic E-state index is 12.6. The fourth-order valence-electron chi connectivity index (χ4n) is 2.31. The minimum Gasteiger partial charge on any atom is -0.280 e. The van der Waals surface area contributed by atoms with Crippen molar-refractivity contribution in [1.82, 2.24) is 5.43 Å². The third kappa shape index (κ3) is 5.18. The second kappa shape index (κ2) is 8.69. The number of sulfonamides is 1. The Labute approximate surface area is 167 Å². The molecule has 0 heterocycles. The van der Waals surface area contributed by atoms with Crippen molar-refractivity contribution in [3.63, 3.8) is 0 Å². The number of rotatable bonds is 6. The zero-order chi connectivity index (χ0) is 20.0. The minimum atomic E-state index is -3.86. The maximum absolute atomic E-state index is 12.6. The topological polar surface area (TPSA) is 87.6 Å². The summed E-state index contributed by atoms with van der Waals surface area (Å²) < 4.78 is 27.6. The van der Waals surface area contributed by atoms with Crippen LogP contribution in [0.1, 0.15) is 15.9 Å². The molecule has 0 fully saturated rings. The number of nitrogens with zero attached hydrogens (tertiary/aromatic N) is 1. The van der Waals surface area contributed by atoms with E-state index in [1.807, 2.05) is 30.3 Å². The minimum absolute atomic E-state index is 0.0397. The molecule has 0 aliphatic carbocycles. The number of nitrogens with one attached hydrogen (secondary N) is 2. The van der Waals surface area contributed by atoms with Gasteiger partial charge < -0.3 is 0 Å². The molecule has 6 nitrogen and oxygen atoms in total. The van der Waals surface area contributed by atoms with Crippen molar-refractivity contribution < 1.29 is 13.2 Å². The summed E-state index contributed by atoms with van der Waals surface area (Å²) in [5, 5.41) is 4.38. The van der Waals surface area contributed by atoms with Gasteiger partial charge in [-0.1, -0.05) is 48.0 Å². The summed E-state index contributed by atoms with van der Waals surface area (Å²) in [6.07, 6.45) is 1.50. The number of hydrogen-bond acceptors (Lipinski definition) is 4. The van der Waals surface area contributed by atoms with Crippen LogP contribution in [-0.2, 0) is 10.0 Å². The van der Waals surface area contributed by atoms with Crippen LogP contribution in [0, 0.1) is 0 Å². The van der Waals surface area contributed by atoms with E-state index < -0.39 is 15.9 Å². The van der Waals surface area contributed by atoms with Crippen molar-refractivity contribution in [1.29, 1.82) is 0 Å². The van der Waals surface area contributed by atoms with Crippen LogP contribution >= 0.6 is 11.6 Å². The Balaban J connectivity index is 1.72. The van der Waals surface area contributed by atoms with Crippen molar-refractivity contribution in [2.45, 2.75) is 4.90 Å². The van der Waals surface area contributed by atoms with Crippen molar-refractivity contribution >= 4 is 39.4 Å². The van der Waals surface area contributed by atoms with Gasteiger partial charge in [-0.3, -0.25) is 9.52 Å². The highest BCUT2D eigenvalue weighted by atomic mass is 35.5. The first kappa shape index (κ1) is 19.6. The number of benzene rings is 3. The largest absolute Gasteiger partial charge is 0.280 e. The number of carbonyl (C=O) groups excluding carboxylic acids is 1. The van der Waals surface area contributed by atoms with Gasteiger partial charge in [-0.15, -0.1) is 0 Å². The lowest BCUT2D eigenvalue weighted by Crippen LogP contribution is -2.19. The molecule has 3 aromatic rings. The molecule has 0 bridgehead atoms. The molecule has 0 aliphatic heterocycles. The molecule has 0 atom stereocenters. The van der Waals surface area contributed by atoms with Gasteiger partial charge in [-0.25, -0.2) is 13.8 Å². The zero-order valence-corrected chi connectivity index (χ0v) is 16.1. The molecule has 0 spiro atoms. The van der Waals surface area contributed by atoms with Gasteiger partial charge in [0.15, 0.2) is 0 Å². The van der Waals surface area contributed by atoms with Crippen LogP contribution in [0.2, 0.25) is 5.02 Å². The summed E-state index contributed by atoms with van der Waals surface area (Å²) >= 11 is 5.80. The van der Waals surface area contributed by atoms with Crippen LogP contribution < -0.4 is 10.1 Å². The van der Waals surface area contributed by atoms with Crippen molar-refractivity contribution in [3.05, 3.63) is 95.0 Å². The number of halogens is 1.